The highest BCUT2D eigenvalue weighted by Crippen LogP contribution is 2.13. The number of urea groups is 1. The normalized spacial score (nSPS) is 11.4. The average molecular weight is 344 g/mol. The van der Waals surface area contributed by atoms with Crippen molar-refractivity contribution in [1.82, 2.24) is 20.0 Å². The summed E-state index contributed by atoms with van der Waals surface area (Å²) in [6.07, 6.45) is 3.67. The molecule has 0 aliphatic rings. The molecule has 1 N–H and O–H groups in total. The molecule has 6 heteroatoms. The molecule has 1 aromatic heterocycles. The van der Waals surface area contributed by atoms with E-state index in [1.165, 1.54) is 0 Å². The monoisotopic (exact) mass is 344 g/mol. The number of nitrogens with one attached hydrogen (secondary N) is 1. The standard InChI is InChI=1S/C19H28N4O2/c1-19(2,3)25-14-16-8-6-7-15(9-16)10-20-18(24)22(4)12-17-11-21-23(5)13-17/h6-9,11,13H,10,12,14H2,1-5H3,(H,20,24). The van der Waals surface area contributed by atoms with Gasteiger partial charge in [-0.15, -0.1) is 0 Å². The molecule has 2 amide bonds. The summed E-state index contributed by atoms with van der Waals surface area (Å²) >= 11 is 0. The van der Waals surface area contributed by atoms with Gasteiger partial charge in [0, 0.05) is 32.4 Å². The molecule has 0 fully saturated rings. The maximum atomic E-state index is 12.2. The van der Waals surface area contributed by atoms with Gasteiger partial charge in [-0.2, -0.15) is 5.10 Å². The molecule has 0 aliphatic carbocycles. The maximum absolute atomic E-state index is 12.2. The van der Waals surface area contributed by atoms with Gasteiger partial charge < -0.3 is 15.0 Å². The summed E-state index contributed by atoms with van der Waals surface area (Å²) in [5, 5.41) is 7.06. The van der Waals surface area contributed by atoms with Crippen molar-refractivity contribution in [3.63, 3.8) is 0 Å². The van der Waals surface area contributed by atoms with Crippen molar-refractivity contribution in [3.05, 3.63) is 53.3 Å². The highest BCUT2D eigenvalue weighted by molar-refractivity contribution is 5.73. The summed E-state index contributed by atoms with van der Waals surface area (Å²) < 4.78 is 7.53. The van der Waals surface area contributed by atoms with Crippen LogP contribution in [0.2, 0.25) is 0 Å². The quantitative estimate of drug-likeness (QED) is 0.876. The van der Waals surface area contributed by atoms with E-state index in [0.29, 0.717) is 19.7 Å². The lowest BCUT2D eigenvalue weighted by molar-refractivity contribution is -0.0149. The van der Waals surface area contributed by atoms with Crippen molar-refractivity contribution in [2.24, 2.45) is 7.05 Å². The third-order valence-corrected chi connectivity index (χ3v) is 3.63. The van der Waals surface area contributed by atoms with Crippen LogP contribution in [-0.2, 0) is 31.5 Å². The number of carbonyl (C=O) groups excluding carboxylic acids is 1. The average Bonchev–Trinajstić information content (AvgIpc) is 2.95. The largest absolute Gasteiger partial charge is 0.371 e. The smallest absolute Gasteiger partial charge is 0.317 e. The molecular weight excluding hydrogens is 316 g/mol. The van der Waals surface area contributed by atoms with Crippen molar-refractivity contribution in [2.45, 2.75) is 46.1 Å². The van der Waals surface area contributed by atoms with E-state index in [9.17, 15) is 4.79 Å². The number of benzene rings is 1. The summed E-state index contributed by atoms with van der Waals surface area (Å²) in [5.74, 6) is 0. The van der Waals surface area contributed by atoms with Crippen LogP contribution in [0.25, 0.3) is 0 Å². The van der Waals surface area contributed by atoms with E-state index in [4.69, 9.17) is 4.74 Å². The fourth-order valence-electron chi connectivity index (χ4n) is 2.34. The van der Waals surface area contributed by atoms with Crippen LogP contribution in [0.1, 0.15) is 37.5 Å². The number of carbonyl (C=O) groups is 1. The van der Waals surface area contributed by atoms with Crippen molar-refractivity contribution in [2.75, 3.05) is 7.05 Å². The molecule has 0 spiro atoms. The van der Waals surface area contributed by atoms with Gasteiger partial charge in [0.15, 0.2) is 0 Å². The lowest BCUT2D eigenvalue weighted by Gasteiger charge is -2.20. The molecule has 2 rings (SSSR count). The number of rotatable bonds is 6. The number of aryl methyl sites for hydroxylation is 1. The zero-order chi connectivity index (χ0) is 18.4. The third kappa shape index (κ3) is 6.58. The highest BCUT2D eigenvalue weighted by Gasteiger charge is 2.11. The fraction of sp³-hybridized carbons (Fsp3) is 0.474. The van der Waals surface area contributed by atoms with Gasteiger partial charge in [0.1, 0.15) is 0 Å². The summed E-state index contributed by atoms with van der Waals surface area (Å²) in [7, 11) is 3.63. The topological polar surface area (TPSA) is 59.4 Å². The molecule has 6 nitrogen and oxygen atoms in total. The Labute approximate surface area is 149 Å². The summed E-state index contributed by atoms with van der Waals surface area (Å²) in [5.41, 5.74) is 2.99. The SMILES string of the molecule is CN(Cc1cnn(C)c1)C(=O)NCc1cccc(COC(C)(C)C)c1. The summed E-state index contributed by atoms with van der Waals surface area (Å²) in [4.78, 5) is 13.9. The molecule has 0 unspecified atom stereocenters. The lowest BCUT2D eigenvalue weighted by Crippen LogP contribution is -2.36. The molecular formula is C19H28N4O2. The van der Waals surface area contributed by atoms with Gasteiger partial charge in [0.05, 0.1) is 24.9 Å². The first-order valence-corrected chi connectivity index (χ1v) is 8.41. The van der Waals surface area contributed by atoms with Crippen LogP contribution in [0, 0.1) is 0 Å². The van der Waals surface area contributed by atoms with E-state index in [0.717, 1.165) is 16.7 Å². The Bertz CT molecular complexity index is 703. The van der Waals surface area contributed by atoms with Gasteiger partial charge in [-0.05, 0) is 31.9 Å². The van der Waals surface area contributed by atoms with E-state index < -0.39 is 0 Å². The van der Waals surface area contributed by atoms with Crippen LogP contribution in [0.4, 0.5) is 4.79 Å². The number of hydrogen-bond acceptors (Lipinski definition) is 3. The van der Waals surface area contributed by atoms with Crippen molar-refractivity contribution in [1.29, 1.82) is 0 Å². The van der Waals surface area contributed by atoms with Gasteiger partial charge >= 0.3 is 6.03 Å². The van der Waals surface area contributed by atoms with Gasteiger partial charge in [-0.1, -0.05) is 24.3 Å². The van der Waals surface area contributed by atoms with Crippen LogP contribution in [0.5, 0.6) is 0 Å². The first-order valence-electron chi connectivity index (χ1n) is 8.41. The Morgan fingerprint density at radius 2 is 2.00 bits per heavy atom. The molecule has 1 aromatic carbocycles. The van der Waals surface area contributed by atoms with E-state index in [1.54, 1.807) is 22.8 Å². The molecule has 0 radical (unpaired) electrons. The highest BCUT2D eigenvalue weighted by atomic mass is 16.5. The van der Waals surface area contributed by atoms with Crippen LogP contribution in [-0.4, -0.2) is 33.4 Å². The van der Waals surface area contributed by atoms with Crippen LogP contribution in [0.3, 0.4) is 0 Å². The van der Waals surface area contributed by atoms with Crippen LogP contribution in [0.15, 0.2) is 36.7 Å². The van der Waals surface area contributed by atoms with Gasteiger partial charge in [0.2, 0.25) is 0 Å². The van der Waals surface area contributed by atoms with Crippen molar-refractivity contribution < 1.29 is 9.53 Å². The Balaban J connectivity index is 1.84. The van der Waals surface area contributed by atoms with E-state index in [-0.39, 0.29) is 11.6 Å². The number of hydrogen-bond donors (Lipinski definition) is 1. The van der Waals surface area contributed by atoms with Crippen molar-refractivity contribution >= 4 is 6.03 Å². The van der Waals surface area contributed by atoms with Gasteiger partial charge in [-0.25, -0.2) is 4.79 Å². The van der Waals surface area contributed by atoms with E-state index in [1.807, 2.05) is 52.2 Å². The zero-order valence-electron chi connectivity index (χ0n) is 15.7. The minimum Gasteiger partial charge on any atom is -0.371 e. The van der Waals surface area contributed by atoms with Gasteiger partial charge in [-0.3, -0.25) is 4.68 Å². The second-order valence-corrected chi connectivity index (χ2v) is 7.26. The first kappa shape index (κ1) is 19.0. The molecule has 136 valence electrons. The molecule has 1 heterocycles. The second-order valence-electron chi connectivity index (χ2n) is 7.26. The van der Waals surface area contributed by atoms with Gasteiger partial charge in [0.25, 0.3) is 0 Å². The third-order valence-electron chi connectivity index (χ3n) is 3.63. The number of aromatic nitrogens is 2. The minimum absolute atomic E-state index is 0.111. The van der Waals surface area contributed by atoms with Crippen LogP contribution >= 0.6 is 0 Å². The summed E-state index contributed by atoms with van der Waals surface area (Å²) in [6.45, 7) is 7.68. The summed E-state index contributed by atoms with van der Waals surface area (Å²) in [6, 6.07) is 7.98. The molecule has 25 heavy (non-hydrogen) atoms. The van der Waals surface area contributed by atoms with Crippen LogP contribution < -0.4 is 5.32 Å². The van der Waals surface area contributed by atoms with E-state index in [2.05, 4.69) is 16.5 Å². The number of nitrogens with zero attached hydrogens (tertiary/aromatic N) is 3. The second kappa shape index (κ2) is 8.16. The molecule has 0 saturated carbocycles. The molecule has 2 aromatic rings. The number of amides is 2. The Morgan fingerprint density at radius 3 is 2.64 bits per heavy atom. The Kier molecular flexibility index (Phi) is 6.20. The molecule has 0 bridgehead atoms. The predicted molar refractivity (Wildman–Crippen MR) is 97.9 cm³/mol. The minimum atomic E-state index is -0.167. The Hall–Kier alpha value is -2.34. The number of ether oxygens (including phenoxy) is 1. The predicted octanol–water partition coefficient (Wildman–Crippen LogP) is 3.08. The first-order chi connectivity index (χ1) is 11.7. The van der Waals surface area contributed by atoms with Crippen molar-refractivity contribution in [3.8, 4) is 0 Å². The van der Waals surface area contributed by atoms with E-state index >= 15 is 0 Å². The lowest BCUT2D eigenvalue weighted by atomic mass is 10.1. The molecule has 0 aliphatic heterocycles. The zero-order valence-corrected chi connectivity index (χ0v) is 15.7. The fourth-order valence-corrected chi connectivity index (χ4v) is 2.34. The molecule has 0 atom stereocenters. The Morgan fingerprint density at radius 1 is 1.28 bits per heavy atom. The maximum Gasteiger partial charge on any atom is 0.317 e. The molecule has 0 saturated heterocycles.